The van der Waals surface area contributed by atoms with Crippen LogP contribution in [0, 0.1) is 5.92 Å². The van der Waals surface area contributed by atoms with Gasteiger partial charge in [0.2, 0.25) is 0 Å². The van der Waals surface area contributed by atoms with Crippen molar-refractivity contribution in [2.45, 2.75) is 13.8 Å². The second-order valence-electron chi connectivity index (χ2n) is 4.83. The molecule has 1 aromatic carbocycles. The second-order valence-corrected chi connectivity index (χ2v) is 4.83. The van der Waals surface area contributed by atoms with Gasteiger partial charge in [-0.05, 0) is 24.1 Å². The molecule has 0 saturated carbocycles. The first kappa shape index (κ1) is 15.3. The Kier molecular flexibility index (Phi) is 6.15. The molecular formula is C14H23N3O2. The molecule has 0 saturated heterocycles. The lowest BCUT2D eigenvalue weighted by atomic mass is 10.1. The number of benzene rings is 1. The fraction of sp³-hybridized carbons (Fsp3) is 0.500. The number of carbonyl (C=O) groups excluding carboxylic acids is 1. The Bertz CT molecular complexity index is 419. The van der Waals surface area contributed by atoms with E-state index in [9.17, 15) is 4.79 Å². The van der Waals surface area contributed by atoms with Gasteiger partial charge in [0.1, 0.15) is 0 Å². The Morgan fingerprint density at radius 3 is 2.74 bits per heavy atom. The van der Waals surface area contributed by atoms with E-state index in [0.29, 0.717) is 30.3 Å². The Balaban J connectivity index is 2.62. The normalized spacial score (nSPS) is 10.5. The van der Waals surface area contributed by atoms with Gasteiger partial charge in [-0.25, -0.2) is 0 Å². The Hall–Kier alpha value is -1.75. The standard InChI is InChI=1S/C14H23N3O2/c1-10(2)9-17-13-5-4-11(8-12(13)15)14(18)16-6-7-19-3/h4-5,8,10,17H,6-7,9,15H2,1-3H3,(H,16,18). The summed E-state index contributed by atoms with van der Waals surface area (Å²) in [6.07, 6.45) is 0. The zero-order valence-electron chi connectivity index (χ0n) is 11.8. The van der Waals surface area contributed by atoms with Crippen LogP contribution >= 0.6 is 0 Å². The predicted octanol–water partition coefficient (Wildman–Crippen LogP) is 1.71. The number of amides is 1. The van der Waals surface area contributed by atoms with E-state index < -0.39 is 0 Å². The number of carbonyl (C=O) groups is 1. The minimum atomic E-state index is -0.140. The number of methoxy groups -OCH3 is 1. The summed E-state index contributed by atoms with van der Waals surface area (Å²) in [5.74, 6) is 0.399. The summed E-state index contributed by atoms with van der Waals surface area (Å²) >= 11 is 0. The smallest absolute Gasteiger partial charge is 0.251 e. The van der Waals surface area contributed by atoms with Gasteiger partial charge in [-0.15, -0.1) is 0 Å². The molecule has 1 amide bonds. The zero-order valence-corrected chi connectivity index (χ0v) is 11.8. The quantitative estimate of drug-likeness (QED) is 0.518. The van der Waals surface area contributed by atoms with Crippen molar-refractivity contribution >= 4 is 17.3 Å². The summed E-state index contributed by atoms with van der Waals surface area (Å²) < 4.78 is 4.88. The van der Waals surface area contributed by atoms with Crippen LogP contribution in [0.4, 0.5) is 11.4 Å². The highest BCUT2D eigenvalue weighted by molar-refractivity contribution is 5.96. The van der Waals surface area contributed by atoms with E-state index in [1.807, 2.05) is 6.07 Å². The van der Waals surface area contributed by atoms with Gasteiger partial charge < -0.3 is 21.1 Å². The van der Waals surface area contributed by atoms with Crippen LogP contribution in [0.25, 0.3) is 0 Å². The predicted molar refractivity (Wildman–Crippen MR) is 78.4 cm³/mol. The molecule has 1 rings (SSSR count). The van der Waals surface area contributed by atoms with Gasteiger partial charge in [-0.3, -0.25) is 4.79 Å². The van der Waals surface area contributed by atoms with E-state index in [4.69, 9.17) is 10.5 Å². The van der Waals surface area contributed by atoms with Crippen molar-refractivity contribution in [3.63, 3.8) is 0 Å². The monoisotopic (exact) mass is 265 g/mol. The van der Waals surface area contributed by atoms with E-state index in [2.05, 4.69) is 24.5 Å². The van der Waals surface area contributed by atoms with Crippen LogP contribution in [0.2, 0.25) is 0 Å². The van der Waals surface area contributed by atoms with Crippen LogP contribution in [0.3, 0.4) is 0 Å². The molecule has 19 heavy (non-hydrogen) atoms. The van der Waals surface area contributed by atoms with Crippen molar-refractivity contribution in [2.75, 3.05) is 37.9 Å². The van der Waals surface area contributed by atoms with E-state index in [1.165, 1.54) is 0 Å². The van der Waals surface area contributed by atoms with Crippen molar-refractivity contribution in [1.29, 1.82) is 0 Å². The molecule has 0 bridgehead atoms. The summed E-state index contributed by atoms with van der Waals surface area (Å²) in [6, 6.07) is 5.29. The van der Waals surface area contributed by atoms with E-state index in [0.717, 1.165) is 12.2 Å². The van der Waals surface area contributed by atoms with Crippen LogP contribution in [0.1, 0.15) is 24.2 Å². The number of rotatable bonds is 7. The summed E-state index contributed by atoms with van der Waals surface area (Å²) in [5.41, 5.74) is 7.94. The lowest BCUT2D eigenvalue weighted by molar-refractivity contribution is 0.0937. The average Bonchev–Trinajstić information content (AvgIpc) is 2.37. The maximum absolute atomic E-state index is 11.8. The largest absolute Gasteiger partial charge is 0.397 e. The van der Waals surface area contributed by atoms with Crippen LogP contribution in [-0.2, 0) is 4.74 Å². The molecular weight excluding hydrogens is 242 g/mol. The maximum Gasteiger partial charge on any atom is 0.251 e. The van der Waals surface area contributed by atoms with E-state index >= 15 is 0 Å². The molecule has 4 N–H and O–H groups in total. The van der Waals surface area contributed by atoms with Gasteiger partial charge in [0, 0.05) is 25.8 Å². The summed E-state index contributed by atoms with van der Waals surface area (Å²) in [5, 5.41) is 6.01. The molecule has 0 atom stereocenters. The maximum atomic E-state index is 11.8. The molecule has 0 radical (unpaired) electrons. The first-order chi connectivity index (χ1) is 9.04. The highest BCUT2D eigenvalue weighted by Gasteiger charge is 2.07. The molecule has 0 fully saturated rings. The minimum absolute atomic E-state index is 0.140. The van der Waals surface area contributed by atoms with Crippen molar-refractivity contribution in [3.8, 4) is 0 Å². The SMILES string of the molecule is COCCNC(=O)c1ccc(NCC(C)C)c(N)c1. The Morgan fingerprint density at radius 1 is 1.42 bits per heavy atom. The second kappa shape index (κ2) is 7.63. The lowest BCUT2D eigenvalue weighted by Crippen LogP contribution is -2.27. The van der Waals surface area contributed by atoms with Gasteiger partial charge >= 0.3 is 0 Å². The fourth-order valence-corrected chi connectivity index (χ4v) is 1.55. The van der Waals surface area contributed by atoms with Crippen molar-refractivity contribution in [2.24, 2.45) is 5.92 Å². The first-order valence-electron chi connectivity index (χ1n) is 6.45. The summed E-state index contributed by atoms with van der Waals surface area (Å²) in [4.78, 5) is 11.8. The highest BCUT2D eigenvalue weighted by atomic mass is 16.5. The molecule has 0 spiro atoms. The number of nitrogens with two attached hydrogens (primary N) is 1. The van der Waals surface area contributed by atoms with Gasteiger partial charge in [-0.2, -0.15) is 0 Å². The van der Waals surface area contributed by atoms with E-state index in [-0.39, 0.29) is 5.91 Å². The van der Waals surface area contributed by atoms with Crippen molar-refractivity contribution < 1.29 is 9.53 Å². The molecule has 5 heteroatoms. The van der Waals surface area contributed by atoms with Crippen molar-refractivity contribution in [1.82, 2.24) is 5.32 Å². The molecule has 5 nitrogen and oxygen atoms in total. The number of anilines is 2. The van der Waals surface area contributed by atoms with Gasteiger partial charge in [-0.1, -0.05) is 13.8 Å². The van der Waals surface area contributed by atoms with Crippen LogP contribution in [0.5, 0.6) is 0 Å². The molecule has 0 unspecified atom stereocenters. The molecule has 0 aliphatic rings. The highest BCUT2D eigenvalue weighted by Crippen LogP contribution is 2.20. The summed E-state index contributed by atoms with van der Waals surface area (Å²) in [6.45, 7) is 6.09. The van der Waals surface area contributed by atoms with E-state index in [1.54, 1.807) is 19.2 Å². The Morgan fingerprint density at radius 2 is 2.16 bits per heavy atom. The Labute approximate surface area is 114 Å². The number of hydrogen-bond acceptors (Lipinski definition) is 4. The van der Waals surface area contributed by atoms with Crippen LogP contribution in [-0.4, -0.2) is 32.7 Å². The number of nitrogen functional groups attached to an aromatic ring is 1. The molecule has 0 aliphatic heterocycles. The minimum Gasteiger partial charge on any atom is -0.397 e. The molecule has 0 heterocycles. The van der Waals surface area contributed by atoms with Gasteiger partial charge in [0.05, 0.1) is 18.0 Å². The first-order valence-corrected chi connectivity index (χ1v) is 6.45. The molecule has 0 aliphatic carbocycles. The number of hydrogen-bond donors (Lipinski definition) is 3. The topological polar surface area (TPSA) is 76.4 Å². The fourth-order valence-electron chi connectivity index (χ4n) is 1.55. The average molecular weight is 265 g/mol. The third-order valence-electron chi connectivity index (χ3n) is 2.61. The van der Waals surface area contributed by atoms with Crippen molar-refractivity contribution in [3.05, 3.63) is 23.8 Å². The third-order valence-corrected chi connectivity index (χ3v) is 2.61. The van der Waals surface area contributed by atoms with Crippen LogP contribution in [0.15, 0.2) is 18.2 Å². The summed E-state index contributed by atoms with van der Waals surface area (Å²) in [7, 11) is 1.60. The molecule has 106 valence electrons. The number of ether oxygens (including phenoxy) is 1. The van der Waals surface area contributed by atoms with Gasteiger partial charge in [0.15, 0.2) is 0 Å². The van der Waals surface area contributed by atoms with Crippen LogP contribution < -0.4 is 16.4 Å². The third kappa shape index (κ3) is 5.18. The lowest BCUT2D eigenvalue weighted by Gasteiger charge is -2.12. The zero-order chi connectivity index (χ0) is 14.3. The number of nitrogens with one attached hydrogen (secondary N) is 2. The molecule has 1 aromatic rings. The molecule has 0 aromatic heterocycles. The van der Waals surface area contributed by atoms with Gasteiger partial charge in [0.25, 0.3) is 5.91 Å².